The smallest absolute Gasteiger partial charge is 0.119 e. The third kappa shape index (κ3) is 3.22. The second kappa shape index (κ2) is 7.12. The first-order chi connectivity index (χ1) is 10.7. The van der Waals surface area contributed by atoms with Crippen molar-refractivity contribution >= 4 is 0 Å². The van der Waals surface area contributed by atoms with Crippen molar-refractivity contribution in [2.24, 2.45) is 5.92 Å². The van der Waals surface area contributed by atoms with Crippen LogP contribution in [0.5, 0.6) is 0 Å². The Morgan fingerprint density at radius 3 is 2.27 bits per heavy atom. The van der Waals surface area contributed by atoms with E-state index in [1.165, 1.54) is 19.3 Å². The Hall–Kier alpha value is -0.900. The molecule has 0 aromatic heterocycles. The number of nitrogens with zero attached hydrogens (tertiary/aromatic N) is 1. The van der Waals surface area contributed by atoms with E-state index in [1.807, 2.05) is 30.3 Å². The quantitative estimate of drug-likeness (QED) is 0.879. The van der Waals surface area contributed by atoms with E-state index in [0.29, 0.717) is 6.54 Å². The highest BCUT2D eigenvalue weighted by Gasteiger charge is 2.46. The average Bonchev–Trinajstić information content (AvgIpc) is 3.11. The Morgan fingerprint density at radius 1 is 1.00 bits per heavy atom. The largest absolute Gasteiger partial charge is 0.388 e. The van der Waals surface area contributed by atoms with Gasteiger partial charge in [-0.25, -0.2) is 0 Å². The van der Waals surface area contributed by atoms with Gasteiger partial charge in [0.2, 0.25) is 0 Å². The molecule has 2 atom stereocenters. The number of piperidine rings is 1. The van der Waals surface area contributed by atoms with Gasteiger partial charge in [0.05, 0.1) is 6.10 Å². The number of β-amino-alcohol motifs (C(OH)–C–C–N with tert-alkyl or cyclic N) is 1. The summed E-state index contributed by atoms with van der Waals surface area (Å²) in [6, 6.07) is 9.83. The van der Waals surface area contributed by atoms with E-state index in [1.54, 1.807) is 0 Å². The molecule has 2 aliphatic rings. The summed E-state index contributed by atoms with van der Waals surface area (Å²) in [5.41, 5.74) is -0.221. The molecule has 0 radical (unpaired) electrons. The number of benzene rings is 1. The molecule has 1 aromatic carbocycles. The standard InChI is InChI=1S/C19H29NO2/c21-18(15-20-13-7-2-8-14-20)19(22,17-11-5-6-12-17)16-9-3-1-4-10-16/h1,3-4,9-10,17-18,21-22H,2,5-8,11-15H2. The highest BCUT2D eigenvalue weighted by Crippen LogP contribution is 2.43. The molecule has 1 saturated carbocycles. The third-order valence-corrected chi connectivity index (χ3v) is 5.60. The minimum atomic E-state index is -1.10. The maximum atomic E-state index is 11.5. The molecule has 1 aromatic rings. The van der Waals surface area contributed by atoms with E-state index in [9.17, 15) is 10.2 Å². The summed E-state index contributed by atoms with van der Waals surface area (Å²) >= 11 is 0. The van der Waals surface area contributed by atoms with Crippen LogP contribution in [0.1, 0.15) is 50.5 Å². The highest BCUT2D eigenvalue weighted by molar-refractivity contribution is 5.25. The van der Waals surface area contributed by atoms with Crippen LogP contribution in [-0.2, 0) is 5.60 Å². The molecular weight excluding hydrogens is 274 g/mol. The first-order valence-corrected chi connectivity index (χ1v) is 8.89. The zero-order valence-corrected chi connectivity index (χ0v) is 13.5. The van der Waals surface area contributed by atoms with Crippen molar-refractivity contribution < 1.29 is 10.2 Å². The molecule has 2 fully saturated rings. The first kappa shape index (κ1) is 16.0. The van der Waals surface area contributed by atoms with Gasteiger partial charge in [0.1, 0.15) is 5.60 Å². The number of hydrogen-bond donors (Lipinski definition) is 2. The van der Waals surface area contributed by atoms with E-state index in [0.717, 1.165) is 44.3 Å². The predicted octanol–water partition coefficient (Wildman–Crippen LogP) is 2.91. The van der Waals surface area contributed by atoms with Gasteiger partial charge in [0.25, 0.3) is 0 Å². The van der Waals surface area contributed by atoms with Gasteiger partial charge < -0.3 is 15.1 Å². The summed E-state index contributed by atoms with van der Waals surface area (Å²) in [5, 5.41) is 22.4. The van der Waals surface area contributed by atoms with Crippen molar-refractivity contribution in [2.45, 2.75) is 56.7 Å². The molecule has 0 amide bonds. The summed E-state index contributed by atoms with van der Waals surface area (Å²) in [6.07, 6.45) is 7.35. The van der Waals surface area contributed by atoms with Crippen LogP contribution in [0.2, 0.25) is 0 Å². The van der Waals surface area contributed by atoms with E-state index in [2.05, 4.69) is 4.90 Å². The zero-order chi connectivity index (χ0) is 15.4. The van der Waals surface area contributed by atoms with Gasteiger partial charge in [0.15, 0.2) is 0 Å². The van der Waals surface area contributed by atoms with Crippen LogP contribution in [0.4, 0.5) is 0 Å². The van der Waals surface area contributed by atoms with Crippen LogP contribution >= 0.6 is 0 Å². The van der Waals surface area contributed by atoms with Gasteiger partial charge in [0, 0.05) is 6.54 Å². The van der Waals surface area contributed by atoms with Gasteiger partial charge in [-0.2, -0.15) is 0 Å². The third-order valence-electron chi connectivity index (χ3n) is 5.60. The van der Waals surface area contributed by atoms with Gasteiger partial charge >= 0.3 is 0 Å². The van der Waals surface area contributed by atoms with Gasteiger partial charge in [-0.3, -0.25) is 0 Å². The molecule has 2 N–H and O–H groups in total. The van der Waals surface area contributed by atoms with Crippen LogP contribution in [0, 0.1) is 5.92 Å². The lowest BCUT2D eigenvalue weighted by Crippen LogP contribution is -2.51. The maximum Gasteiger partial charge on any atom is 0.119 e. The van der Waals surface area contributed by atoms with Crippen LogP contribution in [0.25, 0.3) is 0 Å². The molecule has 3 nitrogen and oxygen atoms in total. The second-order valence-electron chi connectivity index (χ2n) is 7.05. The number of aliphatic hydroxyl groups excluding tert-OH is 1. The van der Waals surface area contributed by atoms with Crippen molar-refractivity contribution in [3.05, 3.63) is 35.9 Å². The zero-order valence-electron chi connectivity index (χ0n) is 13.5. The summed E-state index contributed by atoms with van der Waals surface area (Å²) in [6.45, 7) is 2.68. The molecule has 1 aliphatic carbocycles. The summed E-state index contributed by atoms with van der Waals surface area (Å²) < 4.78 is 0. The van der Waals surface area contributed by atoms with Crippen molar-refractivity contribution in [1.82, 2.24) is 4.90 Å². The van der Waals surface area contributed by atoms with Gasteiger partial charge in [-0.1, -0.05) is 49.6 Å². The summed E-state index contributed by atoms with van der Waals surface area (Å²) in [5.74, 6) is 0.176. The molecule has 22 heavy (non-hydrogen) atoms. The fourth-order valence-corrected chi connectivity index (χ4v) is 4.30. The molecule has 0 spiro atoms. The Balaban J connectivity index is 1.81. The van der Waals surface area contributed by atoms with Crippen molar-refractivity contribution in [3.8, 4) is 0 Å². The van der Waals surface area contributed by atoms with Crippen LogP contribution < -0.4 is 0 Å². The molecule has 1 heterocycles. The fourth-order valence-electron chi connectivity index (χ4n) is 4.30. The minimum Gasteiger partial charge on any atom is -0.388 e. The lowest BCUT2D eigenvalue weighted by molar-refractivity contribution is -0.129. The molecule has 122 valence electrons. The topological polar surface area (TPSA) is 43.7 Å². The van der Waals surface area contributed by atoms with E-state index in [4.69, 9.17) is 0 Å². The lowest BCUT2D eigenvalue weighted by Gasteiger charge is -2.41. The Labute approximate surface area is 134 Å². The molecule has 3 heteroatoms. The molecule has 0 bridgehead atoms. The Bertz CT molecular complexity index is 452. The Kier molecular flexibility index (Phi) is 5.17. The number of likely N-dealkylation sites (tertiary alicyclic amines) is 1. The van der Waals surface area contributed by atoms with Crippen LogP contribution in [0.3, 0.4) is 0 Å². The van der Waals surface area contributed by atoms with Crippen molar-refractivity contribution in [2.75, 3.05) is 19.6 Å². The van der Waals surface area contributed by atoms with Crippen LogP contribution in [0.15, 0.2) is 30.3 Å². The number of hydrogen-bond acceptors (Lipinski definition) is 3. The fraction of sp³-hybridized carbons (Fsp3) is 0.684. The van der Waals surface area contributed by atoms with Crippen molar-refractivity contribution in [1.29, 1.82) is 0 Å². The summed E-state index contributed by atoms with van der Waals surface area (Å²) in [4.78, 5) is 2.32. The van der Waals surface area contributed by atoms with E-state index in [-0.39, 0.29) is 5.92 Å². The molecule has 1 saturated heterocycles. The van der Waals surface area contributed by atoms with Gasteiger partial charge in [-0.15, -0.1) is 0 Å². The number of aliphatic hydroxyl groups is 2. The average molecular weight is 303 g/mol. The van der Waals surface area contributed by atoms with Crippen molar-refractivity contribution in [3.63, 3.8) is 0 Å². The molecule has 2 unspecified atom stereocenters. The first-order valence-electron chi connectivity index (χ1n) is 8.89. The lowest BCUT2D eigenvalue weighted by atomic mass is 9.76. The normalized spacial score (nSPS) is 25.0. The van der Waals surface area contributed by atoms with Gasteiger partial charge in [-0.05, 0) is 50.3 Å². The number of rotatable bonds is 5. The predicted molar refractivity (Wildman–Crippen MR) is 88.6 cm³/mol. The van der Waals surface area contributed by atoms with E-state index < -0.39 is 11.7 Å². The molecule has 1 aliphatic heterocycles. The Morgan fingerprint density at radius 2 is 1.64 bits per heavy atom. The monoisotopic (exact) mass is 303 g/mol. The highest BCUT2D eigenvalue weighted by atomic mass is 16.3. The second-order valence-corrected chi connectivity index (χ2v) is 7.05. The molecule has 3 rings (SSSR count). The summed E-state index contributed by atoms with van der Waals surface area (Å²) in [7, 11) is 0. The molecular formula is C19H29NO2. The SMILES string of the molecule is OC(CN1CCCCC1)C(O)(c1ccccc1)C1CCCC1. The maximum absolute atomic E-state index is 11.5. The minimum absolute atomic E-state index is 0.176. The van der Waals surface area contributed by atoms with E-state index >= 15 is 0 Å². The van der Waals surface area contributed by atoms with Crippen LogP contribution in [-0.4, -0.2) is 40.9 Å².